The van der Waals surface area contributed by atoms with E-state index in [0.29, 0.717) is 31.2 Å². The number of hydrogen-bond donors (Lipinski definition) is 1. The number of anilines is 1. The molecule has 0 radical (unpaired) electrons. The molecule has 2 heterocycles. The second-order valence-corrected chi connectivity index (χ2v) is 6.81. The van der Waals surface area contributed by atoms with E-state index < -0.39 is 0 Å². The van der Waals surface area contributed by atoms with Crippen molar-refractivity contribution in [3.05, 3.63) is 45.6 Å². The predicted octanol–water partition coefficient (Wildman–Crippen LogP) is 3.67. The fourth-order valence-electron chi connectivity index (χ4n) is 2.70. The molecule has 0 unspecified atom stereocenters. The first-order valence-corrected chi connectivity index (χ1v) is 8.89. The van der Waals surface area contributed by atoms with Gasteiger partial charge in [-0.15, -0.1) is 11.3 Å². The van der Waals surface area contributed by atoms with Gasteiger partial charge in [-0.2, -0.15) is 0 Å². The van der Waals surface area contributed by atoms with Gasteiger partial charge in [0.25, 0.3) is 0 Å². The van der Waals surface area contributed by atoms with E-state index in [1.54, 1.807) is 18.4 Å². The van der Waals surface area contributed by atoms with E-state index in [4.69, 9.17) is 9.47 Å². The Morgan fingerprint density at radius 1 is 1.33 bits per heavy atom. The summed E-state index contributed by atoms with van der Waals surface area (Å²) < 4.78 is 10.7. The molecule has 3 rings (SSSR count). The van der Waals surface area contributed by atoms with Crippen molar-refractivity contribution in [3.63, 3.8) is 0 Å². The van der Waals surface area contributed by atoms with Crippen molar-refractivity contribution in [3.8, 4) is 5.75 Å². The van der Waals surface area contributed by atoms with Gasteiger partial charge in [0.15, 0.2) is 0 Å². The molecule has 24 heavy (non-hydrogen) atoms. The largest absolute Gasteiger partial charge is 0.489 e. The third kappa shape index (κ3) is 3.88. The minimum absolute atomic E-state index is 0.0905. The molecule has 0 bridgehead atoms. The molecule has 0 spiro atoms. The maximum absolute atomic E-state index is 12.6. The van der Waals surface area contributed by atoms with Crippen LogP contribution < -0.4 is 10.1 Å². The highest BCUT2D eigenvalue weighted by atomic mass is 32.1. The highest BCUT2D eigenvalue weighted by molar-refractivity contribution is 7.10. The van der Waals surface area contributed by atoms with Crippen LogP contribution in [0.2, 0.25) is 0 Å². The van der Waals surface area contributed by atoms with Gasteiger partial charge in [0.05, 0.1) is 12.3 Å². The van der Waals surface area contributed by atoms with Crippen molar-refractivity contribution < 1.29 is 14.3 Å². The predicted molar refractivity (Wildman–Crippen MR) is 96.0 cm³/mol. The quantitative estimate of drug-likeness (QED) is 0.841. The standard InChI is InChI=1S/C18H22N2O3S/c1-13-3-4-15(16(11-13)23-9-8-22-2)19-18(21)20-7-5-17-14(12-20)6-10-24-17/h3-4,6,10-11H,5,7-9,12H2,1-2H3,(H,19,21). The van der Waals surface area contributed by atoms with Crippen LogP contribution in [0.5, 0.6) is 5.75 Å². The van der Waals surface area contributed by atoms with E-state index in [1.807, 2.05) is 30.0 Å². The average Bonchev–Trinajstić information content (AvgIpc) is 3.05. The number of carbonyl (C=O) groups is 1. The number of benzene rings is 1. The fourth-order valence-corrected chi connectivity index (χ4v) is 3.59. The summed E-state index contributed by atoms with van der Waals surface area (Å²) in [6.45, 7) is 4.36. The number of fused-ring (bicyclic) bond motifs is 1. The first-order valence-electron chi connectivity index (χ1n) is 8.01. The average molecular weight is 346 g/mol. The number of amides is 2. The lowest BCUT2D eigenvalue weighted by atomic mass is 10.1. The van der Waals surface area contributed by atoms with Crippen LogP contribution in [0.25, 0.3) is 0 Å². The number of carbonyl (C=O) groups excluding carboxylic acids is 1. The number of thiophene rings is 1. The molecule has 128 valence electrons. The Balaban J connectivity index is 1.68. The number of nitrogens with zero attached hydrogens (tertiary/aromatic N) is 1. The summed E-state index contributed by atoms with van der Waals surface area (Å²) in [5.74, 6) is 0.675. The molecule has 6 heteroatoms. The van der Waals surface area contributed by atoms with Gasteiger partial charge in [0.1, 0.15) is 12.4 Å². The van der Waals surface area contributed by atoms with Gasteiger partial charge in [-0.3, -0.25) is 0 Å². The summed E-state index contributed by atoms with van der Waals surface area (Å²) in [5, 5.41) is 5.07. The fraction of sp³-hybridized carbons (Fsp3) is 0.389. The van der Waals surface area contributed by atoms with E-state index in [9.17, 15) is 4.79 Å². The SMILES string of the molecule is COCCOc1cc(C)ccc1NC(=O)N1CCc2sccc2C1. The van der Waals surface area contributed by atoms with Crippen LogP contribution >= 0.6 is 11.3 Å². The molecule has 0 aliphatic carbocycles. The molecule has 5 nitrogen and oxygen atoms in total. The Morgan fingerprint density at radius 2 is 2.21 bits per heavy atom. The van der Waals surface area contributed by atoms with Crippen LogP contribution in [-0.4, -0.2) is 37.8 Å². The van der Waals surface area contributed by atoms with Crippen molar-refractivity contribution >= 4 is 23.1 Å². The number of aryl methyl sites for hydroxylation is 1. The van der Waals surface area contributed by atoms with E-state index in [1.165, 1.54) is 10.4 Å². The topological polar surface area (TPSA) is 50.8 Å². The first-order chi connectivity index (χ1) is 11.7. The lowest BCUT2D eigenvalue weighted by molar-refractivity contribution is 0.146. The Hall–Kier alpha value is -2.05. The Labute approximate surface area is 146 Å². The molecule has 2 amide bonds. The van der Waals surface area contributed by atoms with Gasteiger partial charge in [0, 0.05) is 25.1 Å². The van der Waals surface area contributed by atoms with Gasteiger partial charge < -0.3 is 19.7 Å². The third-order valence-corrected chi connectivity index (χ3v) is 5.04. The molecule has 2 aromatic rings. The molecule has 1 aliphatic rings. The number of hydrogen-bond acceptors (Lipinski definition) is 4. The molecular weight excluding hydrogens is 324 g/mol. The molecule has 1 aromatic heterocycles. The maximum Gasteiger partial charge on any atom is 0.322 e. The van der Waals surface area contributed by atoms with Gasteiger partial charge >= 0.3 is 6.03 Å². The zero-order valence-corrected chi connectivity index (χ0v) is 14.8. The molecule has 1 aliphatic heterocycles. The monoisotopic (exact) mass is 346 g/mol. The van der Waals surface area contributed by atoms with Crippen LogP contribution in [0.15, 0.2) is 29.6 Å². The third-order valence-electron chi connectivity index (χ3n) is 4.02. The summed E-state index contributed by atoms with van der Waals surface area (Å²) >= 11 is 1.77. The second kappa shape index (κ2) is 7.68. The Bertz CT molecular complexity index is 714. The van der Waals surface area contributed by atoms with Crippen LogP contribution in [0.4, 0.5) is 10.5 Å². The second-order valence-electron chi connectivity index (χ2n) is 5.81. The molecule has 1 N–H and O–H groups in total. The van der Waals surface area contributed by atoms with Crippen LogP contribution in [-0.2, 0) is 17.7 Å². The smallest absolute Gasteiger partial charge is 0.322 e. The van der Waals surface area contributed by atoms with E-state index in [2.05, 4.69) is 16.8 Å². The molecule has 1 aromatic carbocycles. The van der Waals surface area contributed by atoms with Crippen molar-refractivity contribution in [1.82, 2.24) is 4.90 Å². The zero-order chi connectivity index (χ0) is 16.9. The lowest BCUT2D eigenvalue weighted by Gasteiger charge is -2.27. The minimum Gasteiger partial charge on any atom is -0.489 e. The maximum atomic E-state index is 12.6. The van der Waals surface area contributed by atoms with Crippen LogP contribution in [0, 0.1) is 6.92 Å². The van der Waals surface area contributed by atoms with Crippen LogP contribution in [0.3, 0.4) is 0 Å². The number of nitrogens with one attached hydrogen (secondary N) is 1. The van der Waals surface area contributed by atoms with Crippen molar-refractivity contribution in [2.45, 2.75) is 19.9 Å². The van der Waals surface area contributed by atoms with Crippen molar-refractivity contribution in [2.24, 2.45) is 0 Å². The zero-order valence-electron chi connectivity index (χ0n) is 14.0. The van der Waals surface area contributed by atoms with Gasteiger partial charge in [-0.25, -0.2) is 4.79 Å². The van der Waals surface area contributed by atoms with Crippen LogP contribution in [0.1, 0.15) is 16.0 Å². The minimum atomic E-state index is -0.0905. The molecule has 0 saturated carbocycles. The summed E-state index contributed by atoms with van der Waals surface area (Å²) in [5.41, 5.74) is 3.03. The summed E-state index contributed by atoms with van der Waals surface area (Å²) in [7, 11) is 1.64. The Kier molecular flexibility index (Phi) is 5.37. The van der Waals surface area contributed by atoms with Gasteiger partial charge in [-0.1, -0.05) is 6.07 Å². The van der Waals surface area contributed by atoms with E-state index in [-0.39, 0.29) is 6.03 Å². The summed E-state index contributed by atoms with van der Waals surface area (Å²) in [4.78, 5) is 15.8. The highest BCUT2D eigenvalue weighted by Gasteiger charge is 2.22. The van der Waals surface area contributed by atoms with E-state index >= 15 is 0 Å². The van der Waals surface area contributed by atoms with Gasteiger partial charge in [-0.05, 0) is 48.1 Å². The van der Waals surface area contributed by atoms with Crippen molar-refractivity contribution in [2.75, 3.05) is 32.2 Å². The van der Waals surface area contributed by atoms with Gasteiger partial charge in [0.2, 0.25) is 0 Å². The molecule has 0 fully saturated rings. The lowest BCUT2D eigenvalue weighted by Crippen LogP contribution is -2.38. The normalized spacial score (nSPS) is 13.5. The van der Waals surface area contributed by atoms with E-state index in [0.717, 1.165) is 18.5 Å². The highest BCUT2D eigenvalue weighted by Crippen LogP contribution is 2.28. The number of ether oxygens (including phenoxy) is 2. The summed E-state index contributed by atoms with van der Waals surface area (Å²) in [6, 6.07) is 7.79. The molecular formula is C18H22N2O3S. The molecule has 0 saturated heterocycles. The number of rotatable bonds is 5. The first kappa shape index (κ1) is 16.8. The number of urea groups is 1. The Morgan fingerprint density at radius 3 is 3.04 bits per heavy atom. The molecule has 0 atom stereocenters. The van der Waals surface area contributed by atoms with Crippen molar-refractivity contribution in [1.29, 1.82) is 0 Å². The number of methoxy groups -OCH3 is 1. The summed E-state index contributed by atoms with van der Waals surface area (Å²) in [6.07, 6.45) is 0.922.